The second kappa shape index (κ2) is 13.6. The van der Waals surface area contributed by atoms with Crippen LogP contribution < -0.4 is 10.1 Å². The Hall–Kier alpha value is -1.58. The number of hydrogen-bond acceptors (Lipinski definition) is 5. The van der Waals surface area contributed by atoms with E-state index in [1.165, 1.54) is 0 Å². The van der Waals surface area contributed by atoms with Gasteiger partial charge in [0.05, 0.1) is 25.7 Å². The van der Waals surface area contributed by atoms with Crippen molar-refractivity contribution in [1.29, 1.82) is 0 Å². The summed E-state index contributed by atoms with van der Waals surface area (Å²) in [4.78, 5) is 23.2. The van der Waals surface area contributed by atoms with Gasteiger partial charge in [-0.1, -0.05) is 13.0 Å². The molecule has 0 aromatic carbocycles. The Labute approximate surface area is 185 Å². The maximum Gasteiger partial charge on any atom is 0.309 e. The van der Waals surface area contributed by atoms with E-state index in [1.54, 1.807) is 6.20 Å². The molecule has 0 atom stereocenters. The summed E-state index contributed by atoms with van der Waals surface area (Å²) in [5.74, 6) is 1.44. The minimum atomic E-state index is -0.0767. The van der Waals surface area contributed by atoms with Gasteiger partial charge in [0.25, 0.3) is 0 Å². The van der Waals surface area contributed by atoms with E-state index >= 15 is 0 Å². The average molecular weight is 504 g/mol. The Bertz CT molecular complexity index is 619. The van der Waals surface area contributed by atoms with Gasteiger partial charge in [-0.2, -0.15) is 0 Å². The molecule has 1 fully saturated rings. The fourth-order valence-electron chi connectivity index (χ4n) is 3.05. The van der Waals surface area contributed by atoms with E-state index in [0.29, 0.717) is 25.6 Å². The summed E-state index contributed by atoms with van der Waals surface area (Å²) in [5, 5.41) is 3.35. The maximum atomic E-state index is 11.9. The molecule has 0 radical (unpaired) electrons. The number of pyridine rings is 1. The van der Waals surface area contributed by atoms with Crippen LogP contribution in [0.25, 0.3) is 0 Å². The van der Waals surface area contributed by atoms with E-state index in [9.17, 15) is 4.79 Å². The standard InChI is InChI=1S/C20H32N4O3.HI/c1-4-14-27-18-17(8-7-11-22-18)15-23-20(21-5-2)24-12-9-16(10-13-24)19(25)26-6-3;/h7-8,11,16H,4-6,9-10,12-15H2,1-3H3,(H,21,23);1H. The number of ether oxygens (including phenoxy) is 2. The highest BCUT2D eigenvalue weighted by Crippen LogP contribution is 2.20. The molecule has 7 nitrogen and oxygen atoms in total. The van der Waals surface area contributed by atoms with E-state index in [0.717, 1.165) is 50.4 Å². The Balaban J connectivity index is 0.00000392. The normalized spacial score (nSPS) is 15.0. The van der Waals surface area contributed by atoms with Gasteiger partial charge in [0.15, 0.2) is 5.96 Å². The molecule has 1 aliphatic rings. The number of carbonyl (C=O) groups excluding carboxylic acids is 1. The lowest BCUT2D eigenvalue weighted by atomic mass is 9.97. The largest absolute Gasteiger partial charge is 0.477 e. The molecule has 0 spiro atoms. The highest BCUT2D eigenvalue weighted by atomic mass is 127. The summed E-state index contributed by atoms with van der Waals surface area (Å²) in [5.41, 5.74) is 0.975. The molecule has 2 rings (SSSR count). The van der Waals surface area contributed by atoms with Crippen LogP contribution in [-0.2, 0) is 16.1 Å². The first-order valence-electron chi connectivity index (χ1n) is 9.96. The molecule has 2 heterocycles. The molecule has 0 aliphatic carbocycles. The van der Waals surface area contributed by atoms with Crippen LogP contribution in [0.3, 0.4) is 0 Å². The van der Waals surface area contributed by atoms with Crippen LogP contribution in [0.5, 0.6) is 5.88 Å². The van der Waals surface area contributed by atoms with Crippen molar-refractivity contribution in [3.63, 3.8) is 0 Å². The maximum absolute atomic E-state index is 11.9. The van der Waals surface area contributed by atoms with Crippen LogP contribution in [0.15, 0.2) is 23.3 Å². The Kier molecular flexibility index (Phi) is 11.9. The monoisotopic (exact) mass is 504 g/mol. The summed E-state index contributed by atoms with van der Waals surface area (Å²) >= 11 is 0. The van der Waals surface area contributed by atoms with E-state index < -0.39 is 0 Å². The molecule has 0 bridgehead atoms. The smallest absolute Gasteiger partial charge is 0.309 e. The second-order valence-corrected chi connectivity index (χ2v) is 6.50. The molecule has 28 heavy (non-hydrogen) atoms. The molecule has 1 N–H and O–H groups in total. The molecule has 0 saturated carbocycles. The van der Waals surface area contributed by atoms with Crippen molar-refractivity contribution in [1.82, 2.24) is 15.2 Å². The first-order valence-corrected chi connectivity index (χ1v) is 9.96. The Morgan fingerprint density at radius 3 is 2.71 bits per heavy atom. The van der Waals surface area contributed by atoms with E-state index in [4.69, 9.17) is 14.5 Å². The Morgan fingerprint density at radius 1 is 1.32 bits per heavy atom. The Morgan fingerprint density at radius 2 is 2.07 bits per heavy atom. The molecular formula is C20H33IN4O3. The number of hydrogen-bond donors (Lipinski definition) is 1. The zero-order chi connectivity index (χ0) is 19.5. The lowest BCUT2D eigenvalue weighted by Gasteiger charge is -2.33. The van der Waals surface area contributed by atoms with E-state index in [1.807, 2.05) is 19.1 Å². The fraction of sp³-hybridized carbons (Fsp3) is 0.650. The quantitative estimate of drug-likeness (QED) is 0.254. The number of aliphatic imine (C=N–C) groups is 1. The fourth-order valence-corrected chi connectivity index (χ4v) is 3.05. The SMILES string of the molecule is CCCOc1ncccc1CN=C(NCC)N1CCC(C(=O)OCC)CC1.I. The minimum Gasteiger partial charge on any atom is -0.477 e. The summed E-state index contributed by atoms with van der Waals surface area (Å²) in [6, 6.07) is 3.90. The third-order valence-corrected chi connectivity index (χ3v) is 4.44. The van der Waals surface area contributed by atoms with Crippen LogP contribution >= 0.6 is 24.0 Å². The van der Waals surface area contributed by atoms with Gasteiger partial charge in [-0.15, -0.1) is 24.0 Å². The third kappa shape index (κ3) is 7.44. The van der Waals surface area contributed by atoms with Gasteiger partial charge in [-0.3, -0.25) is 4.79 Å². The molecule has 1 aromatic rings. The summed E-state index contributed by atoms with van der Waals surface area (Å²) in [6.45, 7) is 9.95. The number of nitrogens with zero attached hydrogens (tertiary/aromatic N) is 3. The zero-order valence-corrected chi connectivity index (χ0v) is 19.5. The lowest BCUT2D eigenvalue weighted by molar-refractivity contribution is -0.149. The summed E-state index contributed by atoms with van der Waals surface area (Å²) in [6.07, 6.45) is 4.27. The number of nitrogens with one attached hydrogen (secondary N) is 1. The van der Waals surface area contributed by atoms with Gasteiger partial charge >= 0.3 is 5.97 Å². The van der Waals surface area contributed by atoms with Crippen molar-refractivity contribution in [2.24, 2.45) is 10.9 Å². The molecule has 0 unspecified atom stereocenters. The molecule has 1 aromatic heterocycles. The van der Waals surface area contributed by atoms with Crippen LogP contribution in [0.4, 0.5) is 0 Å². The molecule has 1 saturated heterocycles. The summed E-state index contributed by atoms with van der Waals surface area (Å²) in [7, 11) is 0. The zero-order valence-electron chi connectivity index (χ0n) is 17.1. The molecule has 1 aliphatic heterocycles. The number of aromatic nitrogens is 1. The third-order valence-electron chi connectivity index (χ3n) is 4.44. The van der Waals surface area contributed by atoms with Crippen LogP contribution in [0, 0.1) is 5.92 Å². The number of piperidine rings is 1. The highest BCUT2D eigenvalue weighted by molar-refractivity contribution is 14.0. The number of esters is 1. The van der Waals surface area contributed by atoms with Gasteiger partial charge in [0, 0.05) is 31.4 Å². The van der Waals surface area contributed by atoms with E-state index in [-0.39, 0.29) is 35.9 Å². The number of guanidine groups is 1. The first-order chi connectivity index (χ1) is 13.2. The van der Waals surface area contributed by atoms with Gasteiger partial charge in [-0.05, 0) is 39.2 Å². The molecule has 158 valence electrons. The van der Waals surface area contributed by atoms with Gasteiger partial charge in [0.1, 0.15) is 0 Å². The van der Waals surface area contributed by atoms with Crippen molar-refractivity contribution < 1.29 is 14.3 Å². The minimum absolute atomic E-state index is 0. The highest BCUT2D eigenvalue weighted by Gasteiger charge is 2.27. The second-order valence-electron chi connectivity index (χ2n) is 6.50. The summed E-state index contributed by atoms with van der Waals surface area (Å²) < 4.78 is 10.9. The van der Waals surface area contributed by atoms with Crippen molar-refractivity contribution in [2.45, 2.75) is 46.6 Å². The molecule has 8 heteroatoms. The lowest BCUT2D eigenvalue weighted by Crippen LogP contribution is -2.46. The van der Waals surface area contributed by atoms with Crippen LogP contribution in [-0.4, -0.2) is 54.7 Å². The number of rotatable bonds is 8. The number of carbonyl (C=O) groups is 1. The van der Waals surface area contributed by atoms with Crippen molar-refractivity contribution in [3.8, 4) is 5.88 Å². The number of halogens is 1. The predicted molar refractivity (Wildman–Crippen MR) is 121 cm³/mol. The topological polar surface area (TPSA) is 76.1 Å². The molecule has 0 amide bonds. The predicted octanol–water partition coefficient (Wildman–Crippen LogP) is 3.23. The number of likely N-dealkylation sites (tertiary alicyclic amines) is 1. The van der Waals surface area contributed by atoms with Gasteiger partial charge < -0.3 is 19.7 Å². The van der Waals surface area contributed by atoms with Crippen molar-refractivity contribution in [2.75, 3.05) is 32.8 Å². The molecular weight excluding hydrogens is 471 g/mol. The van der Waals surface area contributed by atoms with Crippen LogP contribution in [0.2, 0.25) is 0 Å². The van der Waals surface area contributed by atoms with E-state index in [2.05, 4.69) is 29.0 Å². The van der Waals surface area contributed by atoms with Crippen molar-refractivity contribution >= 4 is 35.9 Å². The van der Waals surface area contributed by atoms with Crippen LogP contribution in [0.1, 0.15) is 45.6 Å². The van der Waals surface area contributed by atoms with Gasteiger partial charge in [0.2, 0.25) is 5.88 Å². The van der Waals surface area contributed by atoms with Gasteiger partial charge in [-0.25, -0.2) is 9.98 Å². The first kappa shape index (κ1) is 24.5. The van der Waals surface area contributed by atoms with Crippen molar-refractivity contribution in [3.05, 3.63) is 23.9 Å². The average Bonchev–Trinajstić information content (AvgIpc) is 2.70.